The topological polar surface area (TPSA) is 79.2 Å². The molecule has 2 fully saturated rings. The zero-order valence-corrected chi connectivity index (χ0v) is 19.1. The minimum absolute atomic E-state index is 0.0919. The normalized spacial score (nSPS) is 17.3. The highest BCUT2D eigenvalue weighted by Gasteiger charge is 2.28. The van der Waals surface area contributed by atoms with E-state index in [-0.39, 0.29) is 11.9 Å². The maximum atomic E-state index is 13.1. The fourth-order valence-corrected chi connectivity index (χ4v) is 4.21. The van der Waals surface area contributed by atoms with Crippen molar-refractivity contribution in [2.24, 2.45) is 0 Å². The molecule has 1 saturated carbocycles. The van der Waals surface area contributed by atoms with Gasteiger partial charge in [0, 0.05) is 56.6 Å². The molecule has 0 bridgehead atoms. The van der Waals surface area contributed by atoms with E-state index >= 15 is 0 Å². The molecule has 1 saturated heterocycles. The Hall–Kier alpha value is -3.00. The summed E-state index contributed by atoms with van der Waals surface area (Å²) in [5, 5.41) is 8.37. The summed E-state index contributed by atoms with van der Waals surface area (Å²) in [6.45, 7) is 8.69. The fraction of sp³-hybridized carbons (Fsp3) is 0.500. The van der Waals surface area contributed by atoms with E-state index in [1.165, 1.54) is 0 Å². The van der Waals surface area contributed by atoms with Crippen LogP contribution < -0.4 is 10.2 Å². The zero-order chi connectivity index (χ0) is 22.2. The Morgan fingerprint density at radius 2 is 1.94 bits per heavy atom. The molecule has 1 amide bonds. The summed E-state index contributed by atoms with van der Waals surface area (Å²) in [6, 6.07) is 6.25. The molecule has 3 aromatic rings. The van der Waals surface area contributed by atoms with Crippen molar-refractivity contribution in [3.8, 4) is 0 Å². The molecule has 168 valence electrons. The van der Waals surface area contributed by atoms with Crippen molar-refractivity contribution in [1.29, 1.82) is 0 Å². The molecule has 8 heteroatoms. The minimum atomic E-state index is -0.0919. The van der Waals surface area contributed by atoms with Gasteiger partial charge in [-0.3, -0.25) is 4.79 Å². The third-order valence-corrected chi connectivity index (χ3v) is 6.41. The van der Waals surface area contributed by atoms with Crippen LogP contribution in [0.15, 0.2) is 30.6 Å². The molecule has 4 heterocycles. The van der Waals surface area contributed by atoms with Crippen LogP contribution in [0.2, 0.25) is 0 Å². The van der Waals surface area contributed by atoms with E-state index in [0.717, 1.165) is 67.1 Å². The van der Waals surface area contributed by atoms with Crippen molar-refractivity contribution >= 4 is 22.8 Å². The lowest BCUT2D eigenvalue weighted by atomic mass is 10.1. The smallest absolute Gasteiger partial charge is 0.252 e. The Bertz CT molecular complexity index is 1110. The number of pyridine rings is 2. The Labute approximate surface area is 188 Å². The number of aromatic nitrogens is 4. The Kier molecular flexibility index (Phi) is 5.55. The second-order valence-electron chi connectivity index (χ2n) is 9.29. The van der Waals surface area contributed by atoms with E-state index in [9.17, 15) is 4.79 Å². The van der Waals surface area contributed by atoms with Crippen molar-refractivity contribution in [3.05, 3.63) is 47.4 Å². The number of carbonyl (C=O) groups excluding carboxylic acids is 1. The number of rotatable bonds is 6. The summed E-state index contributed by atoms with van der Waals surface area (Å²) in [4.78, 5) is 27.2. The lowest BCUT2D eigenvalue weighted by molar-refractivity contribution is 0.0952. The highest BCUT2D eigenvalue weighted by molar-refractivity contribution is 6.05. The summed E-state index contributed by atoms with van der Waals surface area (Å²) in [6.07, 6.45) is 5.91. The first-order valence-corrected chi connectivity index (χ1v) is 11.5. The lowest BCUT2D eigenvalue weighted by Crippen LogP contribution is -2.44. The molecule has 0 unspecified atom stereocenters. The van der Waals surface area contributed by atoms with E-state index in [0.29, 0.717) is 18.0 Å². The van der Waals surface area contributed by atoms with Gasteiger partial charge in [0.25, 0.3) is 5.91 Å². The van der Waals surface area contributed by atoms with Crippen molar-refractivity contribution < 1.29 is 4.79 Å². The van der Waals surface area contributed by atoms with Gasteiger partial charge in [-0.25, -0.2) is 14.6 Å². The molecular weight excluding hydrogens is 402 g/mol. The number of amides is 1. The van der Waals surface area contributed by atoms with Crippen LogP contribution in [-0.4, -0.2) is 63.8 Å². The molecule has 1 aliphatic carbocycles. The first-order chi connectivity index (χ1) is 15.5. The predicted octanol–water partition coefficient (Wildman–Crippen LogP) is 2.97. The molecule has 0 atom stereocenters. The van der Waals surface area contributed by atoms with Gasteiger partial charge in [-0.1, -0.05) is 6.07 Å². The molecule has 0 spiro atoms. The highest BCUT2D eigenvalue weighted by Crippen LogP contribution is 2.40. The third kappa shape index (κ3) is 4.19. The number of nitrogens with one attached hydrogen (secondary N) is 1. The average Bonchev–Trinajstić information content (AvgIpc) is 3.56. The van der Waals surface area contributed by atoms with Gasteiger partial charge in [-0.2, -0.15) is 5.10 Å². The van der Waals surface area contributed by atoms with Crippen LogP contribution in [0.25, 0.3) is 11.0 Å². The average molecular weight is 434 g/mol. The first-order valence-electron chi connectivity index (χ1n) is 11.5. The van der Waals surface area contributed by atoms with Crippen LogP contribution in [0.3, 0.4) is 0 Å². The summed E-state index contributed by atoms with van der Waals surface area (Å²) in [7, 11) is 2.15. The molecule has 0 radical (unpaired) electrons. The van der Waals surface area contributed by atoms with Gasteiger partial charge in [0.15, 0.2) is 5.65 Å². The van der Waals surface area contributed by atoms with Gasteiger partial charge < -0.3 is 15.1 Å². The van der Waals surface area contributed by atoms with E-state index in [4.69, 9.17) is 4.98 Å². The summed E-state index contributed by atoms with van der Waals surface area (Å²) in [5.41, 5.74) is 3.45. The molecule has 1 N–H and O–H groups in total. The second kappa shape index (κ2) is 8.50. The largest absolute Gasteiger partial charge is 0.354 e. The van der Waals surface area contributed by atoms with E-state index in [2.05, 4.69) is 58.2 Å². The van der Waals surface area contributed by atoms with Crippen LogP contribution in [0.4, 0.5) is 5.82 Å². The van der Waals surface area contributed by atoms with Gasteiger partial charge in [0.05, 0.1) is 17.1 Å². The Morgan fingerprint density at radius 1 is 1.16 bits per heavy atom. The molecule has 8 nitrogen and oxygen atoms in total. The minimum Gasteiger partial charge on any atom is -0.354 e. The fourth-order valence-electron chi connectivity index (χ4n) is 4.21. The van der Waals surface area contributed by atoms with E-state index in [1.807, 2.05) is 16.9 Å². The SMILES string of the molecule is CC(C)n1ncc2c(C(=O)NCc3ccc(N4CCN(C)CC4)nc3)cc(C3CC3)nc21. The van der Waals surface area contributed by atoms with Crippen LogP contribution in [0.1, 0.15) is 60.3 Å². The van der Waals surface area contributed by atoms with Crippen molar-refractivity contribution in [2.45, 2.75) is 45.2 Å². The predicted molar refractivity (Wildman–Crippen MR) is 125 cm³/mol. The van der Waals surface area contributed by atoms with Gasteiger partial charge in [0.2, 0.25) is 0 Å². The molecule has 2 aliphatic rings. The maximum Gasteiger partial charge on any atom is 0.252 e. The molecule has 1 aliphatic heterocycles. The van der Waals surface area contributed by atoms with E-state index < -0.39 is 0 Å². The van der Waals surface area contributed by atoms with Crippen LogP contribution >= 0.6 is 0 Å². The van der Waals surface area contributed by atoms with Crippen molar-refractivity contribution in [2.75, 3.05) is 38.1 Å². The quantitative estimate of drug-likeness (QED) is 0.644. The standard InChI is InChI=1S/C24H31N7O/c1-16(2)31-23-20(15-27-31)19(12-21(28-23)18-5-6-18)24(32)26-14-17-4-7-22(25-13-17)30-10-8-29(3)9-11-30/h4,7,12-13,15-16,18H,5-6,8-11,14H2,1-3H3,(H,26,32). The first kappa shape index (κ1) is 20.9. The number of hydrogen-bond donors (Lipinski definition) is 1. The summed E-state index contributed by atoms with van der Waals surface area (Å²) < 4.78 is 1.90. The van der Waals surface area contributed by atoms with Gasteiger partial charge in [-0.15, -0.1) is 0 Å². The lowest BCUT2D eigenvalue weighted by Gasteiger charge is -2.33. The number of hydrogen-bond acceptors (Lipinski definition) is 6. The molecular formula is C24H31N7O. The molecule has 0 aromatic carbocycles. The van der Waals surface area contributed by atoms with Crippen LogP contribution in [-0.2, 0) is 6.54 Å². The van der Waals surface area contributed by atoms with Crippen LogP contribution in [0.5, 0.6) is 0 Å². The second-order valence-corrected chi connectivity index (χ2v) is 9.29. The van der Waals surface area contributed by atoms with Gasteiger partial charge in [-0.05, 0) is 51.4 Å². The Morgan fingerprint density at radius 3 is 2.59 bits per heavy atom. The van der Waals surface area contributed by atoms with Crippen LogP contribution in [0, 0.1) is 0 Å². The number of carbonyl (C=O) groups is 1. The van der Waals surface area contributed by atoms with Crippen molar-refractivity contribution in [1.82, 2.24) is 30.0 Å². The van der Waals surface area contributed by atoms with Gasteiger partial charge >= 0.3 is 0 Å². The van der Waals surface area contributed by atoms with Crippen molar-refractivity contribution in [3.63, 3.8) is 0 Å². The molecule has 5 rings (SSSR count). The number of fused-ring (bicyclic) bond motifs is 1. The summed E-state index contributed by atoms with van der Waals surface area (Å²) in [5.74, 6) is 1.37. The maximum absolute atomic E-state index is 13.1. The number of likely N-dealkylation sites (N-methyl/N-ethyl adjacent to an activating group) is 1. The Balaban J connectivity index is 1.31. The third-order valence-electron chi connectivity index (χ3n) is 6.41. The number of piperazine rings is 1. The van der Waals surface area contributed by atoms with Gasteiger partial charge in [0.1, 0.15) is 5.82 Å². The van der Waals surface area contributed by atoms with E-state index in [1.54, 1.807) is 6.20 Å². The summed E-state index contributed by atoms with van der Waals surface area (Å²) >= 11 is 0. The highest BCUT2D eigenvalue weighted by atomic mass is 16.1. The number of nitrogens with zero attached hydrogens (tertiary/aromatic N) is 6. The zero-order valence-electron chi connectivity index (χ0n) is 19.1. The molecule has 32 heavy (non-hydrogen) atoms. The molecule has 3 aromatic heterocycles. The number of anilines is 1. The monoisotopic (exact) mass is 433 g/mol.